The average molecular weight is 388 g/mol. The number of benzene rings is 1. The quantitative estimate of drug-likeness (QED) is 0.698. The Hall–Kier alpha value is -1.63. The lowest BCUT2D eigenvalue weighted by atomic mass is 9.81. The van der Waals surface area contributed by atoms with E-state index in [1.807, 2.05) is 0 Å². The van der Waals surface area contributed by atoms with Gasteiger partial charge in [-0.2, -0.15) is 0 Å². The molecule has 2 heterocycles. The number of ether oxygens (including phenoxy) is 1. The summed E-state index contributed by atoms with van der Waals surface area (Å²) in [6, 6.07) is 10.8. The summed E-state index contributed by atoms with van der Waals surface area (Å²) in [4.78, 5) is 15.0. The van der Waals surface area contributed by atoms with Crippen molar-refractivity contribution in [1.82, 2.24) is 15.5 Å². The Kier molecular flexibility index (Phi) is 6.19. The fraction of sp³-hybridized carbons (Fsp3) is 0.682. The number of carbonyl (C=O) groups excluding carboxylic acids is 1. The van der Waals surface area contributed by atoms with Gasteiger partial charge in [-0.3, -0.25) is 4.90 Å². The number of hydrogen-bond acceptors (Lipinski definition) is 4. The van der Waals surface area contributed by atoms with Gasteiger partial charge in [0.25, 0.3) is 0 Å². The number of rotatable bonds is 6. The summed E-state index contributed by atoms with van der Waals surface area (Å²) in [5.41, 5.74) is 1.13. The molecule has 2 saturated heterocycles. The topological polar surface area (TPSA) is 73.8 Å². The summed E-state index contributed by atoms with van der Waals surface area (Å²) in [5.74, 6) is 1.23. The number of likely N-dealkylation sites (tertiary alicyclic amines) is 1. The molecule has 1 aromatic carbocycles. The third-order valence-corrected chi connectivity index (χ3v) is 7.01. The molecule has 4 rings (SSSR count). The van der Waals surface area contributed by atoms with Crippen molar-refractivity contribution in [2.24, 2.45) is 17.3 Å². The zero-order valence-corrected chi connectivity index (χ0v) is 16.6. The van der Waals surface area contributed by atoms with Crippen LogP contribution in [-0.2, 0) is 11.3 Å². The molecular formula is C22H33N3O3. The summed E-state index contributed by atoms with van der Waals surface area (Å²) in [6.07, 6.45) is 3.86. The van der Waals surface area contributed by atoms with Gasteiger partial charge in [0.05, 0.1) is 6.61 Å². The normalized spacial score (nSPS) is 29.4. The van der Waals surface area contributed by atoms with Crippen molar-refractivity contribution in [1.29, 1.82) is 0 Å². The Morgan fingerprint density at radius 3 is 2.71 bits per heavy atom. The van der Waals surface area contributed by atoms with Crippen LogP contribution < -0.4 is 10.6 Å². The summed E-state index contributed by atoms with van der Waals surface area (Å²) in [7, 11) is 0. The summed E-state index contributed by atoms with van der Waals surface area (Å²) in [5, 5.41) is 16.0. The van der Waals surface area contributed by atoms with Crippen LogP contribution in [0.25, 0.3) is 0 Å². The number of nitrogens with zero attached hydrogens (tertiary/aromatic N) is 1. The first-order valence-electron chi connectivity index (χ1n) is 10.7. The minimum absolute atomic E-state index is 0.0912. The lowest BCUT2D eigenvalue weighted by Crippen LogP contribution is -2.50. The smallest absolute Gasteiger partial charge is 0.315 e. The number of carbonyl (C=O) groups is 1. The molecular weight excluding hydrogens is 354 g/mol. The number of hydrogen-bond donors (Lipinski definition) is 3. The second-order valence-electron chi connectivity index (χ2n) is 8.88. The molecule has 3 aliphatic rings. The molecule has 0 aromatic heterocycles. The third-order valence-electron chi connectivity index (χ3n) is 7.01. The van der Waals surface area contributed by atoms with E-state index in [0.29, 0.717) is 31.6 Å². The van der Waals surface area contributed by atoms with Gasteiger partial charge in [0.1, 0.15) is 0 Å². The van der Waals surface area contributed by atoms with E-state index >= 15 is 0 Å². The van der Waals surface area contributed by atoms with Crippen LogP contribution in [0.1, 0.15) is 31.2 Å². The van der Waals surface area contributed by atoms with Gasteiger partial charge >= 0.3 is 6.03 Å². The highest BCUT2D eigenvalue weighted by Gasteiger charge is 2.43. The lowest BCUT2D eigenvalue weighted by Gasteiger charge is -2.35. The second-order valence-corrected chi connectivity index (χ2v) is 8.88. The molecule has 3 unspecified atom stereocenters. The molecule has 3 N–H and O–H groups in total. The number of aliphatic hydroxyl groups is 1. The van der Waals surface area contributed by atoms with Crippen LogP contribution in [0.4, 0.5) is 4.79 Å². The highest BCUT2D eigenvalue weighted by Crippen LogP contribution is 2.38. The molecule has 3 atom stereocenters. The molecule has 1 aromatic rings. The monoisotopic (exact) mass is 387 g/mol. The Morgan fingerprint density at radius 2 is 1.96 bits per heavy atom. The Bertz CT molecular complexity index is 648. The van der Waals surface area contributed by atoms with Crippen molar-refractivity contribution in [3.05, 3.63) is 35.9 Å². The Labute approximate surface area is 167 Å². The number of urea groups is 1. The van der Waals surface area contributed by atoms with Crippen LogP contribution in [0.2, 0.25) is 0 Å². The first kappa shape index (κ1) is 19.7. The van der Waals surface area contributed by atoms with Crippen molar-refractivity contribution in [2.45, 2.75) is 38.3 Å². The third kappa shape index (κ3) is 4.50. The van der Waals surface area contributed by atoms with Crippen molar-refractivity contribution in [3.8, 4) is 0 Å². The van der Waals surface area contributed by atoms with Crippen molar-refractivity contribution < 1.29 is 14.6 Å². The highest BCUT2D eigenvalue weighted by atomic mass is 16.5. The molecule has 2 aliphatic heterocycles. The maximum atomic E-state index is 12.5. The van der Waals surface area contributed by atoms with E-state index in [2.05, 4.69) is 45.9 Å². The molecule has 154 valence electrons. The largest absolute Gasteiger partial charge is 0.396 e. The SMILES string of the molecule is O=C(NCC1(CO)CCOCC1)NC1CCC2CN(Cc3ccccc3)CC21. The Balaban J connectivity index is 1.25. The molecule has 1 aliphatic carbocycles. The van der Waals surface area contributed by atoms with E-state index < -0.39 is 0 Å². The van der Waals surface area contributed by atoms with E-state index in [4.69, 9.17) is 4.74 Å². The van der Waals surface area contributed by atoms with Crippen molar-refractivity contribution in [2.75, 3.05) is 39.5 Å². The van der Waals surface area contributed by atoms with Crippen LogP contribution >= 0.6 is 0 Å². The minimum atomic E-state index is -0.229. The molecule has 3 fully saturated rings. The molecule has 1 saturated carbocycles. The number of nitrogens with one attached hydrogen (secondary N) is 2. The van der Waals surface area contributed by atoms with Crippen LogP contribution in [0.15, 0.2) is 30.3 Å². The first-order chi connectivity index (χ1) is 13.7. The molecule has 0 spiro atoms. The zero-order chi connectivity index (χ0) is 19.4. The molecule has 0 radical (unpaired) electrons. The molecule has 28 heavy (non-hydrogen) atoms. The van der Waals surface area contributed by atoms with E-state index in [1.165, 1.54) is 12.0 Å². The van der Waals surface area contributed by atoms with E-state index in [-0.39, 0.29) is 24.1 Å². The summed E-state index contributed by atoms with van der Waals surface area (Å²) < 4.78 is 5.40. The van der Waals surface area contributed by atoms with Gasteiger partial charge in [-0.1, -0.05) is 30.3 Å². The zero-order valence-electron chi connectivity index (χ0n) is 16.6. The average Bonchev–Trinajstić information content (AvgIpc) is 3.29. The predicted octanol–water partition coefficient (Wildman–Crippen LogP) is 1.99. The molecule has 2 amide bonds. The van der Waals surface area contributed by atoms with Gasteiger partial charge in [-0.25, -0.2) is 4.79 Å². The molecule has 0 bridgehead atoms. The fourth-order valence-corrected chi connectivity index (χ4v) is 5.19. The van der Waals surface area contributed by atoms with Gasteiger partial charge in [0.2, 0.25) is 0 Å². The fourth-order valence-electron chi connectivity index (χ4n) is 5.19. The predicted molar refractivity (Wildman–Crippen MR) is 108 cm³/mol. The van der Waals surface area contributed by atoms with Crippen molar-refractivity contribution >= 4 is 6.03 Å². The van der Waals surface area contributed by atoms with E-state index in [0.717, 1.165) is 38.9 Å². The van der Waals surface area contributed by atoms with Gasteiger partial charge in [-0.15, -0.1) is 0 Å². The van der Waals surface area contributed by atoms with Crippen LogP contribution in [0.3, 0.4) is 0 Å². The summed E-state index contributed by atoms with van der Waals surface area (Å²) >= 11 is 0. The molecule has 6 heteroatoms. The van der Waals surface area contributed by atoms with Gasteiger partial charge in [0, 0.05) is 50.8 Å². The standard InChI is InChI=1S/C22H33N3O3/c26-16-22(8-10-28-11-9-22)15-23-21(27)24-20-7-6-18-13-25(14-19(18)20)12-17-4-2-1-3-5-17/h1-5,18-20,26H,6-16H2,(H2,23,24,27). The van der Waals surface area contributed by atoms with E-state index in [1.54, 1.807) is 0 Å². The Morgan fingerprint density at radius 1 is 1.18 bits per heavy atom. The van der Waals surface area contributed by atoms with Gasteiger partial charge < -0.3 is 20.5 Å². The van der Waals surface area contributed by atoms with Crippen LogP contribution in [-0.4, -0.2) is 61.5 Å². The van der Waals surface area contributed by atoms with Crippen LogP contribution in [0, 0.1) is 17.3 Å². The number of aliphatic hydroxyl groups excluding tert-OH is 1. The maximum Gasteiger partial charge on any atom is 0.315 e. The lowest BCUT2D eigenvalue weighted by molar-refractivity contribution is -0.0139. The second kappa shape index (κ2) is 8.80. The van der Waals surface area contributed by atoms with E-state index in [9.17, 15) is 9.90 Å². The van der Waals surface area contributed by atoms with Crippen molar-refractivity contribution in [3.63, 3.8) is 0 Å². The minimum Gasteiger partial charge on any atom is -0.396 e. The first-order valence-corrected chi connectivity index (χ1v) is 10.7. The van der Waals surface area contributed by atoms with Gasteiger partial charge in [0.15, 0.2) is 0 Å². The number of amides is 2. The van der Waals surface area contributed by atoms with Gasteiger partial charge in [-0.05, 0) is 43.1 Å². The number of fused-ring (bicyclic) bond motifs is 1. The van der Waals surface area contributed by atoms with Crippen LogP contribution in [0.5, 0.6) is 0 Å². The maximum absolute atomic E-state index is 12.5. The highest BCUT2D eigenvalue weighted by molar-refractivity contribution is 5.74. The summed E-state index contributed by atoms with van der Waals surface area (Å²) in [6.45, 7) is 5.11. The molecule has 6 nitrogen and oxygen atoms in total.